The Hall–Kier alpha value is -1.20. The topological polar surface area (TPSA) is 56.7 Å². The molecule has 0 spiro atoms. The molecule has 0 fully saturated rings. The van der Waals surface area contributed by atoms with Crippen molar-refractivity contribution in [3.63, 3.8) is 0 Å². The summed E-state index contributed by atoms with van der Waals surface area (Å²) in [7, 11) is 0. The molecule has 0 aliphatic rings. The SMILES string of the molecule is NCc1nncn1Cc1cccc(Br)c1. The first-order valence-electron chi connectivity index (χ1n) is 4.61. The molecule has 15 heavy (non-hydrogen) atoms. The third-order valence-corrected chi connectivity index (χ3v) is 2.61. The van der Waals surface area contributed by atoms with Gasteiger partial charge >= 0.3 is 0 Å². The summed E-state index contributed by atoms with van der Waals surface area (Å²) >= 11 is 3.44. The highest BCUT2D eigenvalue weighted by atomic mass is 79.9. The highest BCUT2D eigenvalue weighted by molar-refractivity contribution is 9.10. The minimum Gasteiger partial charge on any atom is -0.324 e. The molecule has 78 valence electrons. The minimum absolute atomic E-state index is 0.411. The molecule has 0 saturated carbocycles. The number of nitrogens with two attached hydrogens (primary N) is 1. The minimum atomic E-state index is 0.411. The highest BCUT2D eigenvalue weighted by Crippen LogP contribution is 2.12. The van der Waals surface area contributed by atoms with Crippen molar-refractivity contribution in [2.75, 3.05) is 0 Å². The van der Waals surface area contributed by atoms with E-state index < -0.39 is 0 Å². The first-order valence-corrected chi connectivity index (χ1v) is 5.40. The highest BCUT2D eigenvalue weighted by Gasteiger charge is 2.02. The fourth-order valence-corrected chi connectivity index (χ4v) is 1.85. The van der Waals surface area contributed by atoms with Crippen LogP contribution in [0.1, 0.15) is 11.4 Å². The van der Waals surface area contributed by atoms with Crippen LogP contribution in [0.4, 0.5) is 0 Å². The second-order valence-corrected chi connectivity index (χ2v) is 4.12. The Bertz CT molecular complexity index is 452. The normalized spacial score (nSPS) is 10.5. The number of halogens is 1. The number of benzene rings is 1. The third-order valence-electron chi connectivity index (χ3n) is 2.12. The van der Waals surface area contributed by atoms with Crippen LogP contribution in [0.2, 0.25) is 0 Å². The molecule has 5 heteroatoms. The molecular weight excluding hydrogens is 256 g/mol. The summed E-state index contributed by atoms with van der Waals surface area (Å²) in [6.07, 6.45) is 1.70. The van der Waals surface area contributed by atoms with Gasteiger partial charge < -0.3 is 10.3 Å². The zero-order chi connectivity index (χ0) is 10.7. The second kappa shape index (κ2) is 4.55. The second-order valence-electron chi connectivity index (χ2n) is 3.21. The maximum atomic E-state index is 5.55. The maximum Gasteiger partial charge on any atom is 0.146 e. The number of nitrogens with zero attached hydrogens (tertiary/aromatic N) is 3. The molecule has 0 unspecified atom stereocenters. The Morgan fingerprint density at radius 1 is 1.40 bits per heavy atom. The van der Waals surface area contributed by atoms with Gasteiger partial charge in [0.2, 0.25) is 0 Å². The summed E-state index contributed by atoms with van der Waals surface area (Å²) in [5, 5.41) is 7.76. The average molecular weight is 267 g/mol. The van der Waals surface area contributed by atoms with E-state index in [0.29, 0.717) is 6.54 Å². The predicted octanol–water partition coefficient (Wildman–Crippen LogP) is 1.55. The zero-order valence-corrected chi connectivity index (χ0v) is 9.68. The molecule has 0 aliphatic heterocycles. The lowest BCUT2D eigenvalue weighted by Gasteiger charge is -2.05. The van der Waals surface area contributed by atoms with E-state index in [2.05, 4.69) is 38.3 Å². The lowest BCUT2D eigenvalue weighted by atomic mass is 10.2. The van der Waals surface area contributed by atoms with E-state index >= 15 is 0 Å². The van der Waals surface area contributed by atoms with Gasteiger partial charge in [0.05, 0.1) is 13.1 Å². The van der Waals surface area contributed by atoms with Gasteiger partial charge in [-0.15, -0.1) is 10.2 Å². The molecule has 0 amide bonds. The first-order chi connectivity index (χ1) is 7.29. The summed E-state index contributed by atoms with van der Waals surface area (Å²) in [5.74, 6) is 0.801. The van der Waals surface area contributed by atoms with E-state index in [9.17, 15) is 0 Å². The standard InChI is InChI=1S/C10H11BrN4/c11-9-3-1-2-8(4-9)6-15-7-13-14-10(15)5-12/h1-4,7H,5-6,12H2. The Morgan fingerprint density at radius 3 is 3.00 bits per heavy atom. The molecule has 1 aromatic carbocycles. The number of hydrogen-bond donors (Lipinski definition) is 1. The molecule has 0 atom stereocenters. The molecular formula is C10H11BrN4. The summed E-state index contributed by atoms with van der Waals surface area (Å²) in [5.41, 5.74) is 6.74. The Balaban J connectivity index is 2.22. The summed E-state index contributed by atoms with van der Waals surface area (Å²) in [6.45, 7) is 1.16. The quantitative estimate of drug-likeness (QED) is 0.917. The van der Waals surface area contributed by atoms with Crippen LogP contribution in [0.3, 0.4) is 0 Å². The fraction of sp³-hybridized carbons (Fsp3) is 0.200. The van der Waals surface area contributed by atoms with Gasteiger partial charge in [-0.3, -0.25) is 0 Å². The monoisotopic (exact) mass is 266 g/mol. The van der Waals surface area contributed by atoms with Gasteiger partial charge in [0.25, 0.3) is 0 Å². The van der Waals surface area contributed by atoms with E-state index in [4.69, 9.17) is 5.73 Å². The van der Waals surface area contributed by atoms with Crippen LogP contribution in [-0.4, -0.2) is 14.8 Å². The fourth-order valence-electron chi connectivity index (χ4n) is 1.40. The van der Waals surface area contributed by atoms with Gasteiger partial charge in [0.15, 0.2) is 0 Å². The van der Waals surface area contributed by atoms with Gasteiger partial charge in [0.1, 0.15) is 12.2 Å². The summed E-state index contributed by atoms with van der Waals surface area (Å²) in [6, 6.07) is 8.14. The van der Waals surface area contributed by atoms with Crippen LogP contribution >= 0.6 is 15.9 Å². The molecule has 0 saturated heterocycles. The molecule has 0 aliphatic carbocycles. The molecule has 2 rings (SSSR count). The van der Waals surface area contributed by atoms with Crippen molar-refractivity contribution in [1.29, 1.82) is 0 Å². The van der Waals surface area contributed by atoms with Crippen molar-refractivity contribution >= 4 is 15.9 Å². The average Bonchev–Trinajstić information content (AvgIpc) is 2.65. The predicted molar refractivity (Wildman–Crippen MR) is 61.2 cm³/mol. The maximum absolute atomic E-state index is 5.55. The van der Waals surface area contributed by atoms with Crippen LogP contribution in [0.5, 0.6) is 0 Å². The van der Waals surface area contributed by atoms with Crippen LogP contribution in [-0.2, 0) is 13.1 Å². The van der Waals surface area contributed by atoms with Crippen molar-refractivity contribution in [2.24, 2.45) is 5.73 Å². The van der Waals surface area contributed by atoms with Crippen molar-refractivity contribution in [2.45, 2.75) is 13.1 Å². The largest absolute Gasteiger partial charge is 0.324 e. The molecule has 1 heterocycles. The zero-order valence-electron chi connectivity index (χ0n) is 8.10. The van der Waals surface area contributed by atoms with E-state index in [1.165, 1.54) is 5.56 Å². The van der Waals surface area contributed by atoms with Crippen molar-refractivity contribution in [1.82, 2.24) is 14.8 Å². The van der Waals surface area contributed by atoms with Crippen LogP contribution < -0.4 is 5.73 Å². The van der Waals surface area contributed by atoms with E-state index in [0.717, 1.165) is 16.8 Å². The first kappa shape index (κ1) is 10.3. The summed E-state index contributed by atoms with van der Waals surface area (Å²) < 4.78 is 3.02. The van der Waals surface area contributed by atoms with Crippen LogP contribution in [0, 0.1) is 0 Å². The van der Waals surface area contributed by atoms with Crippen LogP contribution in [0.25, 0.3) is 0 Å². The molecule has 2 N–H and O–H groups in total. The molecule has 4 nitrogen and oxygen atoms in total. The van der Waals surface area contributed by atoms with E-state index in [1.54, 1.807) is 6.33 Å². The molecule has 0 bridgehead atoms. The van der Waals surface area contributed by atoms with Gasteiger partial charge in [-0.05, 0) is 17.7 Å². The molecule has 0 radical (unpaired) electrons. The number of rotatable bonds is 3. The number of aromatic nitrogens is 3. The lowest BCUT2D eigenvalue weighted by molar-refractivity contribution is 0.724. The summed E-state index contributed by atoms with van der Waals surface area (Å²) in [4.78, 5) is 0. The van der Waals surface area contributed by atoms with Gasteiger partial charge in [-0.25, -0.2) is 0 Å². The van der Waals surface area contributed by atoms with Gasteiger partial charge in [-0.2, -0.15) is 0 Å². The Kier molecular flexibility index (Phi) is 3.13. The van der Waals surface area contributed by atoms with Gasteiger partial charge in [-0.1, -0.05) is 28.1 Å². The molecule has 1 aromatic heterocycles. The number of hydrogen-bond acceptors (Lipinski definition) is 3. The van der Waals surface area contributed by atoms with Crippen molar-refractivity contribution in [3.8, 4) is 0 Å². The smallest absolute Gasteiger partial charge is 0.146 e. The lowest BCUT2D eigenvalue weighted by Crippen LogP contribution is -2.08. The van der Waals surface area contributed by atoms with Crippen molar-refractivity contribution < 1.29 is 0 Å². The van der Waals surface area contributed by atoms with E-state index in [-0.39, 0.29) is 0 Å². The Labute approximate surface area is 96.3 Å². The Morgan fingerprint density at radius 2 is 2.27 bits per heavy atom. The molecule has 2 aromatic rings. The van der Waals surface area contributed by atoms with Crippen molar-refractivity contribution in [3.05, 3.63) is 46.5 Å². The van der Waals surface area contributed by atoms with Gasteiger partial charge in [0, 0.05) is 4.47 Å². The van der Waals surface area contributed by atoms with E-state index in [1.807, 2.05) is 16.7 Å². The third kappa shape index (κ3) is 2.43. The van der Waals surface area contributed by atoms with Crippen LogP contribution in [0.15, 0.2) is 35.1 Å².